The molecule has 0 saturated carbocycles. The smallest absolute Gasteiger partial charge is 0.224 e. The highest BCUT2D eigenvalue weighted by Crippen LogP contribution is 2.11. The van der Waals surface area contributed by atoms with Crippen LogP contribution in [0, 0.1) is 0 Å². The van der Waals surface area contributed by atoms with Gasteiger partial charge in [0.25, 0.3) is 0 Å². The van der Waals surface area contributed by atoms with Crippen molar-refractivity contribution in [1.82, 2.24) is 10.2 Å². The van der Waals surface area contributed by atoms with Crippen molar-refractivity contribution < 1.29 is 9.53 Å². The lowest BCUT2D eigenvalue weighted by molar-refractivity contribution is -0.132. The van der Waals surface area contributed by atoms with Crippen LogP contribution < -0.4 is 5.32 Å². The minimum Gasteiger partial charge on any atom is -0.378 e. The number of morpholine rings is 1. The molecule has 0 bridgehead atoms. The van der Waals surface area contributed by atoms with Crippen LogP contribution in [0.4, 0.5) is 0 Å². The van der Waals surface area contributed by atoms with E-state index in [-0.39, 0.29) is 11.9 Å². The van der Waals surface area contributed by atoms with Gasteiger partial charge in [0.15, 0.2) is 0 Å². The topological polar surface area (TPSA) is 41.6 Å². The lowest BCUT2D eigenvalue weighted by atomic mass is 10.2. The van der Waals surface area contributed by atoms with E-state index in [2.05, 4.69) is 5.32 Å². The molecule has 2 heterocycles. The van der Waals surface area contributed by atoms with Gasteiger partial charge in [-0.3, -0.25) is 4.79 Å². The number of nitrogens with one attached hydrogen (secondary N) is 1. The molecule has 15 heavy (non-hydrogen) atoms. The summed E-state index contributed by atoms with van der Waals surface area (Å²) in [6.07, 6.45) is 0.588. The molecule has 0 aliphatic carbocycles. The summed E-state index contributed by atoms with van der Waals surface area (Å²) in [4.78, 5) is 13.9. The van der Waals surface area contributed by atoms with E-state index in [4.69, 9.17) is 4.74 Å². The van der Waals surface area contributed by atoms with E-state index in [1.165, 1.54) is 0 Å². The molecule has 0 aromatic rings. The first-order valence-corrected chi connectivity index (χ1v) is 6.68. The lowest BCUT2D eigenvalue weighted by Gasteiger charge is -2.29. The van der Waals surface area contributed by atoms with E-state index in [1.807, 2.05) is 16.7 Å². The summed E-state index contributed by atoms with van der Waals surface area (Å²) in [7, 11) is 0. The van der Waals surface area contributed by atoms with E-state index in [9.17, 15) is 4.79 Å². The quantitative estimate of drug-likeness (QED) is 0.721. The molecule has 86 valence electrons. The number of amides is 1. The Hall–Kier alpha value is -0.260. The summed E-state index contributed by atoms with van der Waals surface area (Å²) in [5.41, 5.74) is 0. The van der Waals surface area contributed by atoms with Crippen molar-refractivity contribution in [3.05, 3.63) is 0 Å². The second kappa shape index (κ2) is 5.72. The molecule has 2 saturated heterocycles. The minimum absolute atomic E-state index is 0.223. The van der Waals surface area contributed by atoms with Crippen LogP contribution in [0.2, 0.25) is 0 Å². The van der Waals surface area contributed by atoms with Crippen molar-refractivity contribution in [2.45, 2.75) is 12.5 Å². The maximum Gasteiger partial charge on any atom is 0.224 e. The van der Waals surface area contributed by atoms with Gasteiger partial charge in [0.05, 0.1) is 13.2 Å². The second-order valence-corrected chi connectivity index (χ2v) is 5.15. The van der Waals surface area contributed by atoms with Gasteiger partial charge in [-0.2, -0.15) is 11.8 Å². The first-order chi connectivity index (χ1) is 7.36. The van der Waals surface area contributed by atoms with Crippen molar-refractivity contribution in [3.63, 3.8) is 0 Å². The van der Waals surface area contributed by atoms with E-state index < -0.39 is 0 Å². The fraction of sp³-hybridized carbons (Fsp3) is 0.900. The summed E-state index contributed by atoms with van der Waals surface area (Å²) < 4.78 is 5.33. The molecular weight excluding hydrogens is 212 g/mol. The molecule has 2 aliphatic heterocycles. The third-order valence-electron chi connectivity index (χ3n) is 2.78. The number of ether oxygens (including phenoxy) is 1. The van der Waals surface area contributed by atoms with Gasteiger partial charge in [-0.05, 0) is 0 Å². The van der Waals surface area contributed by atoms with Crippen molar-refractivity contribution >= 4 is 17.7 Å². The maximum absolute atomic E-state index is 11.9. The van der Waals surface area contributed by atoms with Gasteiger partial charge in [0.2, 0.25) is 5.91 Å². The zero-order valence-electron chi connectivity index (χ0n) is 8.91. The Morgan fingerprint density at radius 2 is 2.27 bits per heavy atom. The first kappa shape index (κ1) is 11.2. The number of hydrogen-bond acceptors (Lipinski definition) is 4. The summed E-state index contributed by atoms with van der Waals surface area (Å²) >= 11 is 1.93. The van der Waals surface area contributed by atoms with Gasteiger partial charge in [-0.15, -0.1) is 0 Å². The van der Waals surface area contributed by atoms with Crippen LogP contribution in [0.25, 0.3) is 0 Å². The van der Waals surface area contributed by atoms with E-state index >= 15 is 0 Å². The van der Waals surface area contributed by atoms with E-state index in [0.29, 0.717) is 13.0 Å². The van der Waals surface area contributed by atoms with Crippen LogP contribution in [-0.2, 0) is 9.53 Å². The first-order valence-electron chi connectivity index (χ1n) is 5.53. The fourth-order valence-corrected chi connectivity index (χ4v) is 2.81. The van der Waals surface area contributed by atoms with Crippen molar-refractivity contribution in [2.75, 3.05) is 44.4 Å². The predicted octanol–water partition coefficient (Wildman–Crippen LogP) is -0.0597. The lowest BCUT2D eigenvalue weighted by Crippen LogP contribution is -2.46. The Kier molecular flexibility index (Phi) is 4.29. The molecule has 2 fully saturated rings. The number of nitrogens with zero attached hydrogens (tertiary/aromatic N) is 1. The predicted molar refractivity (Wildman–Crippen MR) is 61.1 cm³/mol. The Morgan fingerprint density at radius 3 is 2.93 bits per heavy atom. The van der Waals surface area contributed by atoms with Gasteiger partial charge >= 0.3 is 0 Å². The molecule has 0 aromatic heterocycles. The molecule has 5 heteroatoms. The number of rotatable bonds is 2. The molecule has 1 N–H and O–H groups in total. The molecule has 1 atom stereocenters. The highest BCUT2D eigenvalue weighted by atomic mass is 32.2. The molecule has 4 nitrogen and oxygen atoms in total. The molecule has 1 amide bonds. The average Bonchev–Trinajstić information content (AvgIpc) is 2.31. The summed E-state index contributed by atoms with van der Waals surface area (Å²) in [5.74, 6) is 2.44. The van der Waals surface area contributed by atoms with Crippen molar-refractivity contribution in [3.8, 4) is 0 Å². The largest absolute Gasteiger partial charge is 0.378 e. The maximum atomic E-state index is 11.9. The standard InChI is InChI=1S/C10H18N2O2S/c13-10(12-2-5-15-6-3-12)7-9-8-14-4-1-11-9/h9,11H,1-8H2. The summed E-state index contributed by atoms with van der Waals surface area (Å²) in [5, 5.41) is 3.31. The molecule has 2 aliphatic rings. The van der Waals surface area contributed by atoms with Crippen molar-refractivity contribution in [2.24, 2.45) is 0 Å². The van der Waals surface area contributed by atoms with Gasteiger partial charge in [0.1, 0.15) is 0 Å². The second-order valence-electron chi connectivity index (χ2n) is 3.92. The molecule has 0 radical (unpaired) electrons. The number of carbonyl (C=O) groups excluding carboxylic acids is 1. The Labute approximate surface area is 94.7 Å². The third kappa shape index (κ3) is 3.36. The monoisotopic (exact) mass is 230 g/mol. The number of thioether (sulfide) groups is 1. The van der Waals surface area contributed by atoms with Crippen LogP contribution in [0.15, 0.2) is 0 Å². The average molecular weight is 230 g/mol. The highest BCUT2D eigenvalue weighted by molar-refractivity contribution is 7.99. The van der Waals surface area contributed by atoms with Crippen molar-refractivity contribution in [1.29, 1.82) is 0 Å². The van der Waals surface area contributed by atoms with Crippen LogP contribution in [0.1, 0.15) is 6.42 Å². The van der Waals surface area contributed by atoms with Gasteiger partial charge in [0, 0.05) is 43.6 Å². The molecule has 2 rings (SSSR count). The van der Waals surface area contributed by atoms with Crippen LogP contribution in [0.3, 0.4) is 0 Å². The fourth-order valence-electron chi connectivity index (χ4n) is 1.90. The summed E-state index contributed by atoms with van der Waals surface area (Å²) in [6.45, 7) is 4.14. The molecule has 0 aromatic carbocycles. The van der Waals surface area contributed by atoms with Gasteiger partial charge < -0.3 is 15.0 Å². The Balaban J connectivity index is 1.74. The molecule has 1 unspecified atom stereocenters. The van der Waals surface area contributed by atoms with E-state index in [0.717, 1.165) is 37.7 Å². The number of carbonyl (C=O) groups is 1. The Bertz CT molecular complexity index is 213. The molecule has 0 spiro atoms. The van der Waals surface area contributed by atoms with Gasteiger partial charge in [-0.1, -0.05) is 0 Å². The zero-order valence-corrected chi connectivity index (χ0v) is 9.72. The SMILES string of the molecule is O=C(CC1COCCN1)N1CCSCC1. The minimum atomic E-state index is 0.223. The molecular formula is C10H18N2O2S. The van der Waals surface area contributed by atoms with Crippen LogP contribution >= 0.6 is 11.8 Å². The van der Waals surface area contributed by atoms with Gasteiger partial charge in [-0.25, -0.2) is 0 Å². The summed E-state index contributed by atoms with van der Waals surface area (Å²) in [6, 6.07) is 0.223. The normalized spacial score (nSPS) is 27.7. The van der Waals surface area contributed by atoms with Crippen LogP contribution in [-0.4, -0.2) is 61.2 Å². The highest BCUT2D eigenvalue weighted by Gasteiger charge is 2.22. The van der Waals surface area contributed by atoms with Crippen LogP contribution in [0.5, 0.6) is 0 Å². The zero-order chi connectivity index (χ0) is 10.5. The number of hydrogen-bond donors (Lipinski definition) is 1. The Morgan fingerprint density at radius 1 is 1.47 bits per heavy atom. The third-order valence-corrected chi connectivity index (χ3v) is 3.73. The van der Waals surface area contributed by atoms with E-state index in [1.54, 1.807) is 0 Å².